The number of hydrogen-bond donors (Lipinski definition) is 0. The molecule has 0 heterocycles. The summed E-state index contributed by atoms with van der Waals surface area (Å²) in [5.41, 5.74) is 0. The van der Waals surface area contributed by atoms with Gasteiger partial charge in [-0.3, -0.25) is 0 Å². The maximum absolute atomic E-state index is 8.60. The topological polar surface area (TPSA) is 146 Å². The van der Waals surface area contributed by atoms with Crippen molar-refractivity contribution >= 4 is 41.2 Å². The van der Waals surface area contributed by atoms with Crippen LogP contribution in [0.15, 0.2) is 0 Å². The predicted octanol–water partition coefficient (Wildman–Crippen LogP) is -10.4. The van der Waals surface area contributed by atoms with Gasteiger partial charge in [0, 0.05) is 0 Å². The predicted molar refractivity (Wildman–Crippen MR) is 17.9 cm³/mol. The van der Waals surface area contributed by atoms with E-state index < -0.39 is 41.2 Å². The van der Waals surface area contributed by atoms with Crippen molar-refractivity contribution in [3.8, 4) is 0 Å². The Hall–Kier alpha value is 2.72. The number of rotatable bonds is 0. The molecule has 0 aromatic rings. The van der Waals surface area contributed by atoms with Crippen LogP contribution in [-0.4, -0.2) is 46.7 Å². The van der Waals surface area contributed by atoms with Crippen LogP contribution in [-0.2, 0) is 12.1 Å². The quantitative estimate of drug-likeness (QED) is 0.367. The van der Waals surface area contributed by atoms with Gasteiger partial charge in [-0.25, -0.2) is 0 Å². The molecule has 0 aliphatic heterocycles. The first-order valence-corrected chi connectivity index (χ1v) is 7.35. The molecule has 56 valence electrons. The molecule has 0 fully saturated rings. The van der Waals surface area contributed by atoms with Gasteiger partial charge in [-0.1, -0.05) is 0 Å². The molecule has 0 aliphatic carbocycles. The molecule has 0 atom stereocenters. The normalized spacial score (nSPS) is 4.55. The zero-order chi connectivity index (χ0) is 7.15. The van der Waals surface area contributed by atoms with Crippen LogP contribution in [0.4, 0.5) is 0 Å². The average molecular weight is 404 g/mol. The van der Waals surface area contributed by atoms with Crippen LogP contribution in [0, 0.1) is 0 Å². The van der Waals surface area contributed by atoms with E-state index in [0.29, 0.717) is 0 Å². The van der Waals surface area contributed by atoms with E-state index in [1.54, 1.807) is 0 Å². The maximum atomic E-state index is 8.60. The molecule has 0 saturated heterocycles. The van der Waals surface area contributed by atoms with Crippen molar-refractivity contribution in [2.75, 3.05) is 0 Å². The molecule has 0 bridgehead atoms. The second-order valence-corrected chi connectivity index (χ2v) is 3.00. The van der Waals surface area contributed by atoms with E-state index in [-0.39, 0.29) is 64.6 Å². The van der Waals surface area contributed by atoms with Crippen LogP contribution in [0.5, 0.6) is 0 Å². The molecule has 11 heavy (non-hydrogen) atoms. The Morgan fingerprint density at radius 3 is 0.727 bits per heavy atom. The first-order chi connectivity index (χ1) is 3.46. The van der Waals surface area contributed by atoms with E-state index in [9.17, 15) is 0 Å². The molecule has 2 N–H and O–H groups in total. The van der Waals surface area contributed by atoms with Gasteiger partial charge in [0.1, 0.15) is 0 Å². The fraction of sp³-hybridized carbons (Fsp3) is 0. The fourth-order valence-corrected chi connectivity index (χ4v) is 0. The summed E-state index contributed by atoms with van der Waals surface area (Å²) in [4.78, 5) is 0. The molecule has 0 radical (unpaired) electrons. The van der Waals surface area contributed by atoms with Crippen LogP contribution in [0.2, 0.25) is 0 Å². The molecule has 7 nitrogen and oxygen atoms in total. The standard InChI is InChI=1S/2Na.H2O.6O.2Sb/h;;1H2;;;;;;;;/q2*+1;;;;;;2*-1;;. The average Bonchev–Trinajstić information content (AvgIpc) is 1.25. The Balaban J connectivity index is -0.0000000171. The van der Waals surface area contributed by atoms with E-state index in [1.165, 1.54) is 0 Å². The molecule has 0 aromatic carbocycles. The van der Waals surface area contributed by atoms with E-state index in [1.807, 2.05) is 0 Å². The van der Waals surface area contributed by atoms with Crippen molar-refractivity contribution < 1.29 is 83.4 Å². The fourth-order valence-electron chi connectivity index (χ4n) is 0. The third-order valence-electron chi connectivity index (χ3n) is 0. The van der Waals surface area contributed by atoms with Gasteiger partial charge in [0.2, 0.25) is 0 Å². The van der Waals surface area contributed by atoms with Crippen LogP contribution in [0.1, 0.15) is 0 Å². The summed E-state index contributed by atoms with van der Waals surface area (Å²) in [5.74, 6) is 0. The van der Waals surface area contributed by atoms with Gasteiger partial charge in [0.05, 0.1) is 0 Å². The Morgan fingerprint density at radius 2 is 0.727 bits per heavy atom. The molecule has 0 unspecified atom stereocenters. The molecular weight excluding hydrogens is 401 g/mol. The first-order valence-electron chi connectivity index (χ1n) is 1.10. The van der Waals surface area contributed by atoms with Gasteiger partial charge < -0.3 is 5.48 Å². The van der Waals surface area contributed by atoms with Crippen molar-refractivity contribution in [2.45, 2.75) is 0 Å². The number of hydrogen-bond acceptors (Lipinski definition) is 6. The summed E-state index contributed by atoms with van der Waals surface area (Å²) in [7, 11) is 0. The minimum absolute atomic E-state index is 0. The second-order valence-electron chi connectivity index (χ2n) is 0.447. The summed E-state index contributed by atoms with van der Waals surface area (Å²) in [6.07, 6.45) is 0. The van der Waals surface area contributed by atoms with Crippen LogP contribution in [0.25, 0.3) is 0 Å². The van der Waals surface area contributed by atoms with Crippen molar-refractivity contribution in [1.82, 2.24) is 0 Å². The molecule has 0 saturated carbocycles. The summed E-state index contributed by atoms with van der Waals surface area (Å²) < 4.78 is 51.6. The van der Waals surface area contributed by atoms with Gasteiger partial charge in [0.15, 0.2) is 0 Å². The molecule has 0 aromatic heterocycles. The molecule has 11 heteroatoms. The van der Waals surface area contributed by atoms with E-state index >= 15 is 0 Å². The van der Waals surface area contributed by atoms with E-state index in [4.69, 9.17) is 18.8 Å². The second kappa shape index (κ2) is 23.0. The SMILES string of the molecule is O.[Na+].[Na+].[O]=[Sb](=[O])[O-].[O]=[Sb](=[O])[O-]. The van der Waals surface area contributed by atoms with Gasteiger partial charge in [-0.05, 0) is 0 Å². The minimum atomic E-state index is -4.20. The summed E-state index contributed by atoms with van der Waals surface area (Å²) in [6, 6.07) is 0. The van der Waals surface area contributed by atoms with Crippen LogP contribution >= 0.6 is 0 Å². The van der Waals surface area contributed by atoms with E-state index in [2.05, 4.69) is 0 Å². The van der Waals surface area contributed by atoms with Crippen molar-refractivity contribution in [3.63, 3.8) is 0 Å². The van der Waals surface area contributed by atoms with Crippen LogP contribution < -0.4 is 65.9 Å². The zero-order valence-corrected chi connectivity index (χ0v) is 14.9. The van der Waals surface area contributed by atoms with Crippen molar-refractivity contribution in [3.05, 3.63) is 0 Å². The Kier molecular flexibility index (Phi) is 61.0. The Morgan fingerprint density at radius 1 is 0.727 bits per heavy atom. The third-order valence-corrected chi connectivity index (χ3v) is 0. The Bertz CT molecular complexity index is 131. The molecule has 0 spiro atoms. The summed E-state index contributed by atoms with van der Waals surface area (Å²) in [5, 5.41) is 0. The van der Waals surface area contributed by atoms with E-state index in [0.717, 1.165) is 0 Å². The zero-order valence-electron chi connectivity index (χ0n) is 5.84. The van der Waals surface area contributed by atoms with Gasteiger partial charge in [0.25, 0.3) is 0 Å². The summed E-state index contributed by atoms with van der Waals surface area (Å²) >= 11 is -8.40. The monoisotopic (exact) mass is 402 g/mol. The third kappa shape index (κ3) is 198. The first kappa shape index (κ1) is 29.2. The molecule has 0 aliphatic rings. The van der Waals surface area contributed by atoms with Gasteiger partial charge in [-0.2, -0.15) is 0 Å². The van der Waals surface area contributed by atoms with Crippen molar-refractivity contribution in [2.24, 2.45) is 0 Å². The Labute approximate surface area is 122 Å². The van der Waals surface area contributed by atoms with Crippen LogP contribution in [0.3, 0.4) is 0 Å². The van der Waals surface area contributed by atoms with Gasteiger partial charge >= 0.3 is 119 Å². The van der Waals surface area contributed by atoms with Crippen molar-refractivity contribution in [1.29, 1.82) is 0 Å². The molecule has 0 amide bonds. The summed E-state index contributed by atoms with van der Waals surface area (Å²) in [6.45, 7) is 0. The molecule has 0 rings (SSSR count). The molecular formula is H2Na2O7Sb2. The van der Waals surface area contributed by atoms with Gasteiger partial charge in [-0.15, -0.1) is 0 Å².